The molecule has 0 aliphatic carbocycles. The molecule has 0 saturated carbocycles. The molecule has 5 nitrogen and oxygen atoms in total. The predicted octanol–water partition coefficient (Wildman–Crippen LogP) is 4.29. The lowest BCUT2D eigenvalue weighted by Gasteiger charge is -2.26. The summed E-state index contributed by atoms with van der Waals surface area (Å²) in [6, 6.07) is 5.40. The summed E-state index contributed by atoms with van der Waals surface area (Å²) in [7, 11) is 0. The minimum Gasteiger partial charge on any atom is -0.450 e. The van der Waals surface area contributed by atoms with Crippen LogP contribution in [0.15, 0.2) is 24.3 Å². The summed E-state index contributed by atoms with van der Waals surface area (Å²) in [5.74, 6) is 0. The molecule has 26 heavy (non-hydrogen) atoms. The van der Waals surface area contributed by atoms with Crippen molar-refractivity contribution < 1.29 is 22.7 Å². The number of rotatable bonds is 4. The molecule has 1 aromatic heterocycles. The Balaban J connectivity index is 1.65. The van der Waals surface area contributed by atoms with Crippen molar-refractivity contribution in [3.05, 3.63) is 46.0 Å². The van der Waals surface area contributed by atoms with Crippen LogP contribution in [0, 0.1) is 0 Å². The van der Waals surface area contributed by atoms with Crippen LogP contribution in [0.3, 0.4) is 0 Å². The van der Waals surface area contributed by atoms with Crippen molar-refractivity contribution >= 4 is 22.6 Å². The average Bonchev–Trinajstić information content (AvgIpc) is 2.96. The van der Waals surface area contributed by atoms with Crippen molar-refractivity contribution in [3.63, 3.8) is 0 Å². The molecule has 2 heterocycles. The molecule has 1 amide bonds. The summed E-state index contributed by atoms with van der Waals surface area (Å²) in [6.07, 6.45) is -4.19. The normalized spacial score (nSPS) is 14.8. The smallest absolute Gasteiger partial charge is 0.416 e. The number of ether oxygens (including phenoxy) is 1. The Morgan fingerprint density at radius 1 is 1.42 bits per heavy atom. The molecule has 0 fully saturated rings. The fourth-order valence-corrected chi connectivity index (χ4v) is 3.83. The standard InChI is InChI=1S/C17H18F3N3O2S/c1-2-25-16(24)22-15-21-13-6-7-23(10-14(13)26-15)9-11-4-3-5-12(8-11)17(18,19)20/h3-5,8H,2,6-7,9-10H2,1H3,(H,21,22,24). The second kappa shape index (κ2) is 7.63. The Morgan fingerprint density at radius 2 is 2.23 bits per heavy atom. The van der Waals surface area contributed by atoms with E-state index in [9.17, 15) is 18.0 Å². The summed E-state index contributed by atoms with van der Waals surface area (Å²) in [5.41, 5.74) is 0.908. The molecule has 1 aliphatic heterocycles. The highest BCUT2D eigenvalue weighted by Crippen LogP contribution is 2.31. The van der Waals surface area contributed by atoms with Crippen molar-refractivity contribution in [1.29, 1.82) is 0 Å². The van der Waals surface area contributed by atoms with Crippen molar-refractivity contribution in [2.24, 2.45) is 0 Å². The fraction of sp³-hybridized carbons (Fsp3) is 0.412. The van der Waals surface area contributed by atoms with Gasteiger partial charge < -0.3 is 4.74 Å². The number of aromatic nitrogens is 1. The van der Waals surface area contributed by atoms with Crippen LogP contribution in [0.2, 0.25) is 0 Å². The van der Waals surface area contributed by atoms with Crippen LogP contribution in [0.5, 0.6) is 0 Å². The van der Waals surface area contributed by atoms with E-state index in [1.807, 2.05) is 0 Å². The summed E-state index contributed by atoms with van der Waals surface area (Å²) in [4.78, 5) is 18.9. The van der Waals surface area contributed by atoms with Crippen molar-refractivity contribution in [2.45, 2.75) is 32.6 Å². The van der Waals surface area contributed by atoms with E-state index in [-0.39, 0.29) is 6.61 Å². The molecule has 2 aromatic rings. The maximum atomic E-state index is 12.8. The third kappa shape index (κ3) is 4.53. The SMILES string of the molecule is CCOC(=O)Nc1nc2c(s1)CN(Cc1cccc(C(F)(F)F)c1)CC2. The lowest BCUT2D eigenvalue weighted by atomic mass is 10.1. The van der Waals surface area contributed by atoms with Gasteiger partial charge >= 0.3 is 12.3 Å². The van der Waals surface area contributed by atoms with Gasteiger partial charge in [-0.25, -0.2) is 9.78 Å². The molecule has 1 aromatic carbocycles. The predicted molar refractivity (Wildman–Crippen MR) is 92.0 cm³/mol. The lowest BCUT2D eigenvalue weighted by molar-refractivity contribution is -0.137. The van der Waals surface area contributed by atoms with E-state index in [1.54, 1.807) is 13.0 Å². The van der Waals surface area contributed by atoms with Crippen LogP contribution in [0.1, 0.15) is 28.6 Å². The molecule has 9 heteroatoms. The van der Waals surface area contributed by atoms with Crippen LogP contribution in [-0.4, -0.2) is 29.1 Å². The molecule has 0 bridgehead atoms. The second-order valence-corrected chi connectivity index (χ2v) is 6.98. The highest BCUT2D eigenvalue weighted by atomic mass is 32.1. The first kappa shape index (κ1) is 18.7. The molecule has 140 valence electrons. The number of nitrogens with one attached hydrogen (secondary N) is 1. The number of alkyl halides is 3. The molecule has 3 rings (SSSR count). The summed E-state index contributed by atoms with van der Waals surface area (Å²) in [5, 5.41) is 3.07. The van der Waals surface area contributed by atoms with Crippen LogP contribution in [0.4, 0.5) is 23.1 Å². The molecule has 0 unspecified atom stereocenters. The number of amides is 1. The number of benzene rings is 1. The molecular formula is C17H18F3N3O2S. The van der Waals surface area contributed by atoms with Gasteiger partial charge in [0.25, 0.3) is 0 Å². The maximum absolute atomic E-state index is 12.8. The Labute approximate surface area is 152 Å². The fourth-order valence-electron chi connectivity index (χ4n) is 2.80. The highest BCUT2D eigenvalue weighted by molar-refractivity contribution is 7.15. The number of fused-ring (bicyclic) bond motifs is 1. The van der Waals surface area contributed by atoms with Crippen molar-refractivity contribution in [1.82, 2.24) is 9.88 Å². The van der Waals surface area contributed by atoms with E-state index in [4.69, 9.17) is 4.74 Å². The number of hydrogen-bond acceptors (Lipinski definition) is 5. The highest BCUT2D eigenvalue weighted by Gasteiger charge is 2.30. The van der Waals surface area contributed by atoms with Gasteiger partial charge in [0.05, 0.1) is 17.9 Å². The van der Waals surface area contributed by atoms with E-state index in [2.05, 4.69) is 15.2 Å². The quantitative estimate of drug-likeness (QED) is 0.853. The van der Waals surface area contributed by atoms with Crippen molar-refractivity contribution in [2.75, 3.05) is 18.5 Å². The van der Waals surface area contributed by atoms with Gasteiger partial charge in [0.1, 0.15) is 0 Å². The minimum atomic E-state index is -4.34. The van der Waals surface area contributed by atoms with E-state index in [0.717, 1.165) is 16.6 Å². The van der Waals surface area contributed by atoms with E-state index < -0.39 is 17.8 Å². The van der Waals surface area contributed by atoms with Gasteiger partial charge in [0.2, 0.25) is 0 Å². The van der Waals surface area contributed by atoms with Crippen molar-refractivity contribution in [3.8, 4) is 0 Å². The van der Waals surface area contributed by atoms with Crippen LogP contribution >= 0.6 is 11.3 Å². The van der Waals surface area contributed by atoms with Gasteiger partial charge in [-0.3, -0.25) is 10.2 Å². The topological polar surface area (TPSA) is 54.5 Å². The third-order valence-electron chi connectivity index (χ3n) is 3.96. The van der Waals surface area contributed by atoms with E-state index in [1.165, 1.54) is 23.5 Å². The molecule has 0 saturated heterocycles. The summed E-state index contributed by atoms with van der Waals surface area (Å²) in [6.45, 7) is 3.72. The Bertz CT molecular complexity index is 792. The maximum Gasteiger partial charge on any atom is 0.416 e. The largest absolute Gasteiger partial charge is 0.450 e. The van der Waals surface area contributed by atoms with E-state index in [0.29, 0.717) is 36.8 Å². The number of halogens is 3. The lowest BCUT2D eigenvalue weighted by Crippen LogP contribution is -2.29. The second-order valence-electron chi connectivity index (χ2n) is 5.89. The zero-order valence-corrected chi connectivity index (χ0v) is 14.9. The number of carbonyl (C=O) groups excluding carboxylic acids is 1. The molecule has 0 spiro atoms. The zero-order valence-electron chi connectivity index (χ0n) is 14.1. The Kier molecular flexibility index (Phi) is 5.47. The number of thiazole rings is 1. The Hall–Kier alpha value is -2.13. The number of hydrogen-bond donors (Lipinski definition) is 1. The molecule has 1 aliphatic rings. The first-order valence-electron chi connectivity index (χ1n) is 8.16. The van der Waals surface area contributed by atoms with Crippen LogP contribution in [-0.2, 0) is 30.4 Å². The van der Waals surface area contributed by atoms with Crippen LogP contribution in [0.25, 0.3) is 0 Å². The summed E-state index contributed by atoms with van der Waals surface area (Å²) < 4.78 is 43.4. The molecule has 1 N–H and O–H groups in total. The van der Waals surface area contributed by atoms with Gasteiger partial charge in [0, 0.05) is 30.9 Å². The summed E-state index contributed by atoms with van der Waals surface area (Å²) >= 11 is 1.37. The molecular weight excluding hydrogens is 367 g/mol. The third-order valence-corrected chi connectivity index (χ3v) is 4.95. The number of carbonyl (C=O) groups is 1. The number of nitrogens with zero attached hydrogens (tertiary/aromatic N) is 2. The molecule has 0 atom stereocenters. The van der Waals surface area contributed by atoms with Gasteiger partial charge in [-0.05, 0) is 18.6 Å². The minimum absolute atomic E-state index is 0.279. The van der Waals surface area contributed by atoms with E-state index >= 15 is 0 Å². The molecule has 0 radical (unpaired) electrons. The monoisotopic (exact) mass is 385 g/mol. The van der Waals surface area contributed by atoms with Gasteiger partial charge in [-0.15, -0.1) is 0 Å². The first-order valence-corrected chi connectivity index (χ1v) is 8.97. The van der Waals surface area contributed by atoms with Gasteiger partial charge in [-0.2, -0.15) is 13.2 Å². The average molecular weight is 385 g/mol. The van der Waals surface area contributed by atoms with Gasteiger partial charge in [0.15, 0.2) is 5.13 Å². The first-order chi connectivity index (χ1) is 12.3. The van der Waals surface area contributed by atoms with Gasteiger partial charge in [-0.1, -0.05) is 29.5 Å². The zero-order chi connectivity index (χ0) is 18.7. The number of anilines is 1. The Morgan fingerprint density at radius 3 is 2.96 bits per heavy atom. The van der Waals surface area contributed by atoms with Crippen LogP contribution < -0.4 is 5.32 Å².